The van der Waals surface area contributed by atoms with Crippen molar-refractivity contribution in [1.82, 2.24) is 14.9 Å². The topological polar surface area (TPSA) is 78.6 Å². The number of rotatable bonds is 6. The molecule has 1 aromatic carbocycles. The first-order chi connectivity index (χ1) is 12.6. The summed E-state index contributed by atoms with van der Waals surface area (Å²) < 4.78 is 0. The lowest BCUT2D eigenvalue weighted by atomic mass is 10.2. The fourth-order valence-corrected chi connectivity index (χ4v) is 3.24. The molecule has 8 nitrogen and oxygen atoms in total. The van der Waals surface area contributed by atoms with Crippen molar-refractivity contribution >= 4 is 17.3 Å². The Kier molecular flexibility index (Phi) is 5.62. The third-order valence-corrected chi connectivity index (χ3v) is 4.71. The minimum atomic E-state index is -0.363. The van der Waals surface area contributed by atoms with Gasteiger partial charge in [-0.05, 0) is 12.1 Å². The van der Waals surface area contributed by atoms with Gasteiger partial charge < -0.3 is 14.7 Å². The van der Waals surface area contributed by atoms with Crippen molar-refractivity contribution in [3.05, 3.63) is 52.3 Å². The van der Waals surface area contributed by atoms with Gasteiger partial charge in [0.15, 0.2) is 0 Å². The SMILES string of the molecule is CCN1CCN(c2ncnc(N(C)Cc3ccccc3)c2[N+](=O)[O-])CC1. The summed E-state index contributed by atoms with van der Waals surface area (Å²) in [6, 6.07) is 9.85. The van der Waals surface area contributed by atoms with Gasteiger partial charge in [-0.15, -0.1) is 0 Å². The van der Waals surface area contributed by atoms with Gasteiger partial charge in [0, 0.05) is 39.8 Å². The Balaban J connectivity index is 1.88. The van der Waals surface area contributed by atoms with E-state index in [0.29, 0.717) is 18.2 Å². The van der Waals surface area contributed by atoms with Crippen molar-refractivity contribution in [2.45, 2.75) is 13.5 Å². The highest BCUT2D eigenvalue weighted by Gasteiger charge is 2.30. The molecule has 0 amide bonds. The van der Waals surface area contributed by atoms with Crippen LogP contribution >= 0.6 is 0 Å². The van der Waals surface area contributed by atoms with Crippen LogP contribution in [0.25, 0.3) is 0 Å². The molecular formula is C18H24N6O2. The van der Waals surface area contributed by atoms with Gasteiger partial charge in [0.2, 0.25) is 11.6 Å². The van der Waals surface area contributed by atoms with E-state index < -0.39 is 0 Å². The lowest BCUT2D eigenvalue weighted by molar-refractivity contribution is -0.383. The van der Waals surface area contributed by atoms with Crippen molar-refractivity contribution in [1.29, 1.82) is 0 Å². The lowest BCUT2D eigenvalue weighted by Gasteiger charge is -2.34. The third-order valence-electron chi connectivity index (χ3n) is 4.71. The second-order valence-electron chi connectivity index (χ2n) is 6.39. The fraction of sp³-hybridized carbons (Fsp3) is 0.444. The van der Waals surface area contributed by atoms with Gasteiger partial charge in [0.1, 0.15) is 6.33 Å². The summed E-state index contributed by atoms with van der Waals surface area (Å²) in [4.78, 5) is 26.1. The number of benzene rings is 1. The number of nitro groups is 1. The molecule has 1 aromatic heterocycles. The molecule has 0 saturated carbocycles. The number of hydrogen-bond donors (Lipinski definition) is 0. The molecule has 1 aliphatic heterocycles. The van der Waals surface area contributed by atoms with Crippen molar-refractivity contribution in [2.75, 3.05) is 49.6 Å². The maximum atomic E-state index is 11.8. The summed E-state index contributed by atoms with van der Waals surface area (Å²) in [5, 5.41) is 11.8. The van der Waals surface area contributed by atoms with Crippen LogP contribution in [0.1, 0.15) is 12.5 Å². The molecule has 3 rings (SSSR count). The predicted octanol–water partition coefficient (Wildman–Crippen LogP) is 2.16. The molecule has 8 heteroatoms. The highest BCUT2D eigenvalue weighted by atomic mass is 16.6. The van der Waals surface area contributed by atoms with Crippen LogP contribution in [0.4, 0.5) is 17.3 Å². The van der Waals surface area contributed by atoms with E-state index in [1.807, 2.05) is 42.3 Å². The van der Waals surface area contributed by atoms with Crippen molar-refractivity contribution in [2.24, 2.45) is 0 Å². The van der Waals surface area contributed by atoms with Gasteiger partial charge in [-0.2, -0.15) is 0 Å². The van der Waals surface area contributed by atoms with E-state index in [1.54, 1.807) is 4.90 Å². The van der Waals surface area contributed by atoms with Crippen LogP contribution < -0.4 is 9.80 Å². The molecule has 0 N–H and O–H groups in total. The van der Waals surface area contributed by atoms with Gasteiger partial charge in [-0.3, -0.25) is 10.1 Å². The van der Waals surface area contributed by atoms with Crippen LogP contribution in [0.3, 0.4) is 0 Å². The van der Waals surface area contributed by atoms with E-state index in [1.165, 1.54) is 6.33 Å². The Hall–Kier alpha value is -2.74. The van der Waals surface area contributed by atoms with E-state index in [2.05, 4.69) is 21.8 Å². The highest BCUT2D eigenvalue weighted by Crippen LogP contribution is 2.34. The maximum Gasteiger partial charge on any atom is 0.353 e. The van der Waals surface area contributed by atoms with Gasteiger partial charge >= 0.3 is 5.69 Å². The van der Waals surface area contributed by atoms with Gasteiger partial charge in [0.05, 0.1) is 4.92 Å². The zero-order chi connectivity index (χ0) is 18.5. The van der Waals surface area contributed by atoms with Gasteiger partial charge in [-0.1, -0.05) is 37.3 Å². The molecule has 26 heavy (non-hydrogen) atoms. The zero-order valence-electron chi connectivity index (χ0n) is 15.2. The van der Waals surface area contributed by atoms with Gasteiger partial charge in [-0.25, -0.2) is 9.97 Å². The smallest absolute Gasteiger partial charge is 0.349 e. The average Bonchev–Trinajstić information content (AvgIpc) is 2.68. The molecule has 0 radical (unpaired) electrons. The number of hydrogen-bond acceptors (Lipinski definition) is 7. The Morgan fingerprint density at radius 3 is 2.46 bits per heavy atom. The van der Waals surface area contributed by atoms with Gasteiger partial charge in [0.25, 0.3) is 0 Å². The molecule has 0 aliphatic carbocycles. The maximum absolute atomic E-state index is 11.8. The Labute approximate surface area is 153 Å². The molecule has 1 fully saturated rings. The summed E-state index contributed by atoms with van der Waals surface area (Å²) in [5.74, 6) is 0.762. The monoisotopic (exact) mass is 356 g/mol. The molecule has 0 bridgehead atoms. The number of nitrogens with zero attached hydrogens (tertiary/aromatic N) is 6. The number of likely N-dealkylation sites (N-methyl/N-ethyl adjacent to an activating group) is 1. The van der Waals surface area contributed by atoms with Crippen molar-refractivity contribution in [3.8, 4) is 0 Å². The van der Waals surface area contributed by atoms with Crippen LogP contribution in [-0.2, 0) is 6.54 Å². The molecule has 0 unspecified atom stereocenters. The normalized spacial score (nSPS) is 15.1. The zero-order valence-corrected chi connectivity index (χ0v) is 15.2. The lowest BCUT2D eigenvalue weighted by Crippen LogP contribution is -2.46. The van der Waals surface area contributed by atoms with E-state index in [9.17, 15) is 10.1 Å². The van der Waals surface area contributed by atoms with Crippen LogP contribution in [-0.4, -0.2) is 59.6 Å². The molecule has 0 spiro atoms. The standard InChI is InChI=1S/C18H24N6O2/c1-3-22-9-11-23(12-10-22)18-16(24(25)26)17(19-14-20-18)21(2)13-15-7-5-4-6-8-15/h4-8,14H,3,9-13H2,1-2H3. The molecule has 1 aliphatic rings. The van der Waals surface area contributed by atoms with Crippen molar-refractivity contribution < 1.29 is 4.92 Å². The minimum absolute atomic E-state index is 0.0177. The Morgan fingerprint density at radius 1 is 1.15 bits per heavy atom. The summed E-state index contributed by atoms with van der Waals surface area (Å²) in [7, 11) is 1.82. The van der Waals surface area contributed by atoms with E-state index >= 15 is 0 Å². The first-order valence-electron chi connectivity index (χ1n) is 8.82. The second kappa shape index (κ2) is 8.09. The minimum Gasteiger partial charge on any atom is -0.349 e. The van der Waals surface area contributed by atoms with Crippen molar-refractivity contribution in [3.63, 3.8) is 0 Å². The third kappa shape index (κ3) is 3.91. The largest absolute Gasteiger partial charge is 0.353 e. The fourth-order valence-electron chi connectivity index (χ4n) is 3.24. The van der Waals surface area contributed by atoms with Crippen LogP contribution in [0.2, 0.25) is 0 Å². The van der Waals surface area contributed by atoms with Crippen LogP contribution in [0.5, 0.6) is 0 Å². The van der Waals surface area contributed by atoms with E-state index in [-0.39, 0.29) is 10.6 Å². The molecular weight excluding hydrogens is 332 g/mol. The predicted molar refractivity (Wildman–Crippen MR) is 102 cm³/mol. The number of anilines is 2. The first-order valence-corrected chi connectivity index (χ1v) is 8.82. The molecule has 1 saturated heterocycles. The summed E-state index contributed by atoms with van der Waals surface area (Å²) >= 11 is 0. The number of piperazine rings is 1. The Morgan fingerprint density at radius 2 is 1.85 bits per heavy atom. The molecule has 0 atom stereocenters. The quantitative estimate of drug-likeness (QED) is 0.580. The van der Waals surface area contributed by atoms with E-state index in [4.69, 9.17) is 0 Å². The molecule has 2 aromatic rings. The molecule has 138 valence electrons. The highest BCUT2D eigenvalue weighted by molar-refractivity contribution is 5.71. The summed E-state index contributed by atoms with van der Waals surface area (Å²) in [6.07, 6.45) is 1.42. The number of aromatic nitrogens is 2. The van der Waals surface area contributed by atoms with E-state index in [0.717, 1.165) is 38.3 Å². The Bertz CT molecular complexity index is 747. The second-order valence-corrected chi connectivity index (χ2v) is 6.39. The average molecular weight is 356 g/mol. The summed E-state index contributed by atoms with van der Waals surface area (Å²) in [6.45, 7) is 6.88. The van der Waals surface area contributed by atoms with Crippen LogP contribution in [0, 0.1) is 10.1 Å². The molecule has 2 heterocycles. The van der Waals surface area contributed by atoms with Crippen LogP contribution in [0.15, 0.2) is 36.7 Å². The first kappa shape index (κ1) is 18.1. The summed E-state index contributed by atoms with van der Waals surface area (Å²) in [5.41, 5.74) is 1.05.